The van der Waals surface area contributed by atoms with Crippen LogP contribution in [0, 0.1) is 0 Å². The van der Waals surface area contributed by atoms with E-state index in [1.165, 1.54) is 0 Å². The molecule has 0 amide bonds. The topological polar surface area (TPSA) is 20.2 Å². The maximum atomic E-state index is 7.76. The third kappa shape index (κ3) is 2.48. The van der Waals surface area contributed by atoms with Crippen molar-refractivity contribution in [1.29, 1.82) is 0 Å². The van der Waals surface area contributed by atoms with Gasteiger partial charge in [-0.2, -0.15) is 0 Å². The van der Waals surface area contributed by atoms with Crippen LogP contribution < -0.4 is 0 Å². The second-order valence-electron chi connectivity index (χ2n) is 0.271. The summed E-state index contributed by atoms with van der Waals surface area (Å²) in [5.41, 5.74) is 0. The van der Waals surface area contributed by atoms with E-state index in [4.69, 9.17) is 5.11 Å². The Morgan fingerprint density at radius 1 is 2.00 bits per heavy atom. The van der Waals surface area contributed by atoms with Crippen molar-refractivity contribution in [2.75, 3.05) is 6.35 Å². The lowest BCUT2D eigenvalue weighted by Gasteiger charge is -1.56. The first kappa shape index (κ1) is 4.48. The Bertz CT molecular complexity index is 22.0. The number of aliphatic hydroxyl groups excluding tert-OH is 1. The molecule has 0 unspecified atom stereocenters. The number of hydrogen-bond donors (Lipinski definition) is 1. The molecule has 0 spiro atoms. The molecule has 0 aromatic heterocycles. The molecule has 1 nitrogen and oxygen atoms in total. The zero-order valence-electron chi connectivity index (χ0n) is 2.01. The molecule has 0 aliphatic carbocycles. The zero-order valence-corrected chi connectivity index (χ0v) is 3.72. The van der Waals surface area contributed by atoms with Gasteiger partial charge in [0.15, 0.2) is 0 Å². The fraction of sp³-hybridized carbons (Fsp3) is 1.00. The van der Waals surface area contributed by atoms with Gasteiger partial charge in [-0.15, -0.1) is 0 Å². The summed E-state index contributed by atoms with van der Waals surface area (Å²) in [5.74, 6) is 0. The van der Waals surface area contributed by atoms with Gasteiger partial charge in [0.05, 0.1) is 6.35 Å². The highest BCUT2D eigenvalue weighted by molar-refractivity contribution is 7.96. The van der Waals surface area contributed by atoms with E-state index < -0.39 is 0 Å². The van der Waals surface area contributed by atoms with Crippen LogP contribution in [0.15, 0.2) is 0 Å². The molecule has 0 heterocycles. The Morgan fingerprint density at radius 2 is 2.25 bits per heavy atom. The molecule has 0 aromatic carbocycles. The third-order valence-corrected chi connectivity index (χ3v) is 0.520. The standard InChI is InChI=1S/CH3OPS/c2-1-3-4/h2H,1H2. The van der Waals surface area contributed by atoms with Gasteiger partial charge in [-0.25, -0.2) is 0 Å². The van der Waals surface area contributed by atoms with Crippen LogP contribution in [0.5, 0.6) is 0 Å². The second-order valence-corrected chi connectivity index (χ2v) is 1.59. The summed E-state index contributed by atoms with van der Waals surface area (Å²) in [6, 6.07) is 0. The molecule has 24 valence electrons. The number of rotatable bonds is 1. The van der Waals surface area contributed by atoms with Crippen LogP contribution >= 0.6 is 7.36 Å². The second kappa shape index (κ2) is 3.48. The molecular formula is CH3OPS. The summed E-state index contributed by atoms with van der Waals surface area (Å²) in [5, 5.41) is 7.76. The Hall–Kier alpha value is 0.480. The summed E-state index contributed by atoms with van der Waals surface area (Å²) >= 11 is 4.28. The van der Waals surface area contributed by atoms with Crippen LogP contribution in [-0.4, -0.2) is 11.5 Å². The van der Waals surface area contributed by atoms with Crippen molar-refractivity contribution < 1.29 is 5.11 Å². The molecule has 0 saturated heterocycles. The highest BCUT2D eigenvalue weighted by atomic mass is 32.4. The van der Waals surface area contributed by atoms with Crippen LogP contribution in [0.4, 0.5) is 0 Å². The Labute approximate surface area is 31.5 Å². The van der Waals surface area contributed by atoms with Crippen LogP contribution in [-0.2, 0) is 11.8 Å². The van der Waals surface area contributed by atoms with Gasteiger partial charge < -0.3 is 5.11 Å². The van der Waals surface area contributed by atoms with Gasteiger partial charge in [-0.3, -0.25) is 0 Å². The smallest absolute Gasteiger partial charge is 0.0949 e. The largest absolute Gasteiger partial charge is 0.387 e. The van der Waals surface area contributed by atoms with Gasteiger partial charge in [-0.05, 0) is 0 Å². The van der Waals surface area contributed by atoms with E-state index in [0.29, 0.717) is 7.36 Å². The van der Waals surface area contributed by atoms with Crippen molar-refractivity contribution in [2.24, 2.45) is 0 Å². The Morgan fingerprint density at radius 3 is 2.25 bits per heavy atom. The summed E-state index contributed by atoms with van der Waals surface area (Å²) < 4.78 is 0. The molecule has 1 N–H and O–H groups in total. The van der Waals surface area contributed by atoms with E-state index in [2.05, 4.69) is 11.8 Å². The molecule has 0 fully saturated rings. The maximum Gasteiger partial charge on any atom is 0.0949 e. The first-order chi connectivity index (χ1) is 1.91. The van der Waals surface area contributed by atoms with E-state index in [1.54, 1.807) is 0 Å². The summed E-state index contributed by atoms with van der Waals surface area (Å²) in [6.45, 7) is 0. The third-order valence-electron chi connectivity index (χ3n) is 0.0577. The van der Waals surface area contributed by atoms with Gasteiger partial charge in [0.2, 0.25) is 0 Å². The first-order valence-electron chi connectivity index (χ1n) is 0.815. The lowest BCUT2D eigenvalue weighted by molar-refractivity contribution is 0.374. The van der Waals surface area contributed by atoms with E-state index in [0.717, 1.165) is 0 Å². The minimum absolute atomic E-state index is 0.106. The normalized spacial score (nSPS) is 8.25. The van der Waals surface area contributed by atoms with E-state index in [9.17, 15) is 0 Å². The van der Waals surface area contributed by atoms with Gasteiger partial charge in [-0.1, -0.05) is 11.8 Å². The quantitative estimate of drug-likeness (QED) is 0.473. The Kier molecular flexibility index (Phi) is 3.90. The zero-order chi connectivity index (χ0) is 3.41. The van der Waals surface area contributed by atoms with Gasteiger partial charge in [0, 0.05) is 7.36 Å². The molecule has 0 aliphatic rings. The number of aliphatic hydroxyl groups is 1. The first-order valence-corrected chi connectivity index (χ1v) is 2.91. The highest BCUT2D eigenvalue weighted by Gasteiger charge is 1.49. The van der Waals surface area contributed by atoms with Crippen LogP contribution in [0.1, 0.15) is 0 Å². The van der Waals surface area contributed by atoms with E-state index >= 15 is 0 Å². The van der Waals surface area contributed by atoms with Crippen molar-refractivity contribution in [3.05, 3.63) is 0 Å². The van der Waals surface area contributed by atoms with Crippen LogP contribution in [0.3, 0.4) is 0 Å². The average Bonchev–Trinajstić information content (AvgIpc) is 1.37. The molecule has 4 heavy (non-hydrogen) atoms. The van der Waals surface area contributed by atoms with Crippen molar-refractivity contribution >= 4 is 19.2 Å². The molecule has 0 aliphatic heterocycles. The summed E-state index contributed by atoms with van der Waals surface area (Å²) in [6.07, 6.45) is 0.106. The SMILES string of the molecule is OCP=S. The van der Waals surface area contributed by atoms with Crippen molar-refractivity contribution in [1.82, 2.24) is 0 Å². The monoisotopic (exact) mass is 94.0 g/mol. The predicted octanol–water partition coefficient (Wildman–Crippen LogP) is 0.344. The van der Waals surface area contributed by atoms with Gasteiger partial charge >= 0.3 is 0 Å². The van der Waals surface area contributed by atoms with Crippen LogP contribution in [0.25, 0.3) is 0 Å². The summed E-state index contributed by atoms with van der Waals surface area (Å²) in [7, 11) is 0.637. The fourth-order valence-electron chi connectivity index (χ4n) is 0. The molecular weight excluding hydrogens is 91.1 g/mol. The maximum absolute atomic E-state index is 7.76. The Balaban J connectivity index is 2.30. The van der Waals surface area contributed by atoms with Crippen molar-refractivity contribution in [3.8, 4) is 0 Å². The predicted molar refractivity (Wildman–Crippen MR) is 21.4 cm³/mol. The van der Waals surface area contributed by atoms with Crippen molar-refractivity contribution in [2.45, 2.75) is 0 Å². The van der Waals surface area contributed by atoms with E-state index in [-0.39, 0.29) is 6.35 Å². The molecule has 3 heteroatoms. The molecule has 0 rings (SSSR count). The lowest BCUT2D eigenvalue weighted by atomic mass is 11.7. The van der Waals surface area contributed by atoms with Gasteiger partial charge in [0.1, 0.15) is 0 Å². The number of hydrogen-bond acceptors (Lipinski definition) is 2. The minimum atomic E-state index is 0.106. The van der Waals surface area contributed by atoms with Gasteiger partial charge in [0.25, 0.3) is 0 Å². The molecule has 0 bridgehead atoms. The summed E-state index contributed by atoms with van der Waals surface area (Å²) in [4.78, 5) is 0. The molecule has 0 radical (unpaired) electrons. The molecule has 0 atom stereocenters. The average molecular weight is 94.1 g/mol. The highest BCUT2D eigenvalue weighted by Crippen LogP contribution is 1.80. The lowest BCUT2D eigenvalue weighted by Crippen LogP contribution is -1.51. The molecule has 0 aromatic rings. The fourth-order valence-corrected chi connectivity index (χ4v) is 0. The molecule has 0 saturated carbocycles. The van der Waals surface area contributed by atoms with Crippen molar-refractivity contribution in [3.63, 3.8) is 0 Å². The van der Waals surface area contributed by atoms with E-state index in [1.807, 2.05) is 0 Å². The minimum Gasteiger partial charge on any atom is -0.387 e. The van der Waals surface area contributed by atoms with Crippen LogP contribution in [0.2, 0.25) is 0 Å².